The third-order valence-electron chi connectivity index (χ3n) is 2.90. The Balaban J connectivity index is 2.02. The molecule has 0 aliphatic heterocycles. The predicted molar refractivity (Wildman–Crippen MR) is 80.4 cm³/mol. The van der Waals surface area contributed by atoms with Gasteiger partial charge in [0.05, 0.1) is 10.4 Å². The van der Waals surface area contributed by atoms with Gasteiger partial charge in [0.2, 0.25) is 5.95 Å². The standard InChI is InChI=1S/C13H18ClN3OS/c1-10(11-4-5-12(14)19-11)17-8-7-16-13(17)15-6-3-9-18-2/h4-5,7-8,10H,3,6,9H2,1-2H3,(H,15,16). The number of rotatable bonds is 7. The van der Waals surface area contributed by atoms with Crippen LogP contribution in [0.5, 0.6) is 0 Å². The van der Waals surface area contributed by atoms with E-state index >= 15 is 0 Å². The topological polar surface area (TPSA) is 39.1 Å². The van der Waals surface area contributed by atoms with Crippen molar-refractivity contribution >= 4 is 28.9 Å². The van der Waals surface area contributed by atoms with E-state index in [0.717, 1.165) is 29.9 Å². The Labute approximate surface area is 122 Å². The summed E-state index contributed by atoms with van der Waals surface area (Å²) in [5.41, 5.74) is 0. The zero-order valence-corrected chi connectivity index (χ0v) is 12.7. The van der Waals surface area contributed by atoms with Crippen LogP contribution in [0.1, 0.15) is 24.3 Å². The lowest BCUT2D eigenvalue weighted by atomic mass is 10.3. The van der Waals surface area contributed by atoms with Gasteiger partial charge >= 0.3 is 0 Å². The summed E-state index contributed by atoms with van der Waals surface area (Å²) in [4.78, 5) is 5.57. The summed E-state index contributed by atoms with van der Waals surface area (Å²) in [6, 6.07) is 4.22. The highest BCUT2D eigenvalue weighted by atomic mass is 35.5. The maximum Gasteiger partial charge on any atom is 0.203 e. The minimum Gasteiger partial charge on any atom is -0.385 e. The van der Waals surface area contributed by atoms with Crippen molar-refractivity contribution in [2.75, 3.05) is 25.6 Å². The molecule has 104 valence electrons. The Kier molecular flexibility index (Phi) is 5.24. The van der Waals surface area contributed by atoms with Crippen LogP contribution in [0.4, 0.5) is 5.95 Å². The van der Waals surface area contributed by atoms with Crippen molar-refractivity contribution in [1.82, 2.24) is 9.55 Å². The van der Waals surface area contributed by atoms with Crippen molar-refractivity contribution in [2.24, 2.45) is 0 Å². The molecular weight excluding hydrogens is 282 g/mol. The lowest BCUT2D eigenvalue weighted by Crippen LogP contribution is -2.12. The van der Waals surface area contributed by atoms with Gasteiger partial charge in [-0.1, -0.05) is 11.6 Å². The van der Waals surface area contributed by atoms with Gasteiger partial charge in [0.25, 0.3) is 0 Å². The maximum atomic E-state index is 5.99. The number of halogens is 1. The summed E-state index contributed by atoms with van der Waals surface area (Å²) in [5, 5.41) is 3.33. The normalized spacial score (nSPS) is 12.6. The van der Waals surface area contributed by atoms with Crippen molar-refractivity contribution in [3.63, 3.8) is 0 Å². The third-order valence-corrected chi connectivity index (χ3v) is 4.30. The number of aromatic nitrogens is 2. The van der Waals surface area contributed by atoms with Gasteiger partial charge in [-0.2, -0.15) is 0 Å². The molecule has 0 saturated carbocycles. The largest absolute Gasteiger partial charge is 0.385 e. The first-order valence-electron chi connectivity index (χ1n) is 6.23. The molecule has 0 aliphatic carbocycles. The summed E-state index contributed by atoms with van der Waals surface area (Å²) < 4.78 is 7.97. The molecule has 2 heterocycles. The highest BCUT2D eigenvalue weighted by molar-refractivity contribution is 7.16. The predicted octanol–water partition coefficient (Wildman–Crippen LogP) is 3.66. The van der Waals surface area contributed by atoms with Gasteiger partial charge in [0.15, 0.2) is 0 Å². The van der Waals surface area contributed by atoms with Crippen LogP contribution in [0.2, 0.25) is 4.34 Å². The first-order valence-corrected chi connectivity index (χ1v) is 7.42. The first-order chi connectivity index (χ1) is 9.22. The number of hydrogen-bond acceptors (Lipinski definition) is 4. The van der Waals surface area contributed by atoms with Gasteiger partial charge in [0, 0.05) is 37.5 Å². The van der Waals surface area contributed by atoms with Crippen LogP contribution in [0.25, 0.3) is 0 Å². The van der Waals surface area contributed by atoms with Crippen LogP contribution < -0.4 is 5.32 Å². The lowest BCUT2D eigenvalue weighted by molar-refractivity contribution is 0.197. The summed E-state index contributed by atoms with van der Waals surface area (Å²) in [5.74, 6) is 0.883. The van der Waals surface area contributed by atoms with E-state index in [1.807, 2.05) is 18.5 Å². The molecule has 4 nitrogen and oxygen atoms in total. The fourth-order valence-electron chi connectivity index (χ4n) is 1.87. The number of thiophene rings is 1. The van der Waals surface area contributed by atoms with Crippen LogP contribution >= 0.6 is 22.9 Å². The molecule has 2 rings (SSSR count). The highest BCUT2D eigenvalue weighted by Crippen LogP contribution is 2.30. The zero-order chi connectivity index (χ0) is 13.7. The van der Waals surface area contributed by atoms with E-state index in [1.54, 1.807) is 18.4 Å². The van der Waals surface area contributed by atoms with Crippen molar-refractivity contribution in [1.29, 1.82) is 0 Å². The Bertz CT molecular complexity index is 511. The SMILES string of the molecule is COCCCNc1nccn1C(C)c1ccc(Cl)s1. The Hall–Kier alpha value is -1.04. The summed E-state index contributed by atoms with van der Waals surface area (Å²) >= 11 is 7.59. The maximum absolute atomic E-state index is 5.99. The smallest absolute Gasteiger partial charge is 0.203 e. The second kappa shape index (κ2) is 6.93. The average molecular weight is 300 g/mol. The number of methoxy groups -OCH3 is 1. The molecule has 2 aromatic rings. The van der Waals surface area contributed by atoms with Crippen molar-refractivity contribution < 1.29 is 4.74 Å². The molecule has 0 aromatic carbocycles. The van der Waals surface area contributed by atoms with Crippen molar-refractivity contribution in [3.8, 4) is 0 Å². The fourth-order valence-corrected chi connectivity index (χ4v) is 2.98. The summed E-state index contributed by atoms with van der Waals surface area (Å²) in [6.07, 6.45) is 4.75. The van der Waals surface area contributed by atoms with Gasteiger partial charge in [-0.05, 0) is 25.5 Å². The Morgan fingerprint density at radius 2 is 2.37 bits per heavy atom. The van der Waals surface area contributed by atoms with Gasteiger partial charge < -0.3 is 14.6 Å². The van der Waals surface area contributed by atoms with Gasteiger partial charge in [0.1, 0.15) is 0 Å². The molecule has 6 heteroatoms. The molecule has 0 bridgehead atoms. The van der Waals surface area contributed by atoms with Crippen LogP contribution in [0.3, 0.4) is 0 Å². The molecule has 0 fully saturated rings. The number of nitrogens with zero attached hydrogens (tertiary/aromatic N) is 2. The Morgan fingerprint density at radius 3 is 3.05 bits per heavy atom. The fraction of sp³-hybridized carbons (Fsp3) is 0.462. The average Bonchev–Trinajstić information content (AvgIpc) is 3.03. The molecular formula is C13H18ClN3OS. The highest BCUT2D eigenvalue weighted by Gasteiger charge is 2.13. The first kappa shape index (κ1) is 14.4. The number of imidazole rings is 1. The van der Waals surface area contributed by atoms with Gasteiger partial charge in [-0.3, -0.25) is 0 Å². The monoisotopic (exact) mass is 299 g/mol. The number of anilines is 1. The van der Waals surface area contributed by atoms with Crippen molar-refractivity contribution in [3.05, 3.63) is 33.7 Å². The molecule has 1 unspecified atom stereocenters. The summed E-state index contributed by atoms with van der Waals surface area (Å²) in [6.45, 7) is 3.75. The second-order valence-electron chi connectivity index (χ2n) is 4.25. The molecule has 0 radical (unpaired) electrons. The van der Waals surface area contributed by atoms with Crippen LogP contribution in [0.15, 0.2) is 24.5 Å². The summed E-state index contributed by atoms with van der Waals surface area (Å²) in [7, 11) is 1.71. The van der Waals surface area contributed by atoms with Gasteiger partial charge in [-0.25, -0.2) is 4.98 Å². The molecule has 0 amide bonds. The third kappa shape index (κ3) is 3.72. The second-order valence-corrected chi connectivity index (χ2v) is 6.00. The molecule has 19 heavy (non-hydrogen) atoms. The molecule has 0 saturated heterocycles. The molecule has 1 atom stereocenters. The van der Waals surface area contributed by atoms with E-state index < -0.39 is 0 Å². The minimum atomic E-state index is 0.227. The van der Waals surface area contributed by atoms with Crippen LogP contribution in [-0.2, 0) is 4.74 Å². The van der Waals surface area contributed by atoms with Crippen LogP contribution in [0, 0.1) is 0 Å². The van der Waals surface area contributed by atoms with E-state index in [-0.39, 0.29) is 6.04 Å². The van der Waals surface area contributed by atoms with Gasteiger partial charge in [-0.15, -0.1) is 11.3 Å². The number of hydrogen-bond donors (Lipinski definition) is 1. The zero-order valence-electron chi connectivity index (χ0n) is 11.1. The molecule has 2 aromatic heterocycles. The van der Waals surface area contributed by atoms with E-state index in [2.05, 4.69) is 27.9 Å². The van der Waals surface area contributed by atoms with Crippen molar-refractivity contribution in [2.45, 2.75) is 19.4 Å². The molecule has 0 aliphatic rings. The molecule has 0 spiro atoms. The van der Waals surface area contributed by atoms with E-state index in [9.17, 15) is 0 Å². The quantitative estimate of drug-likeness (QED) is 0.793. The lowest BCUT2D eigenvalue weighted by Gasteiger charge is -2.15. The van der Waals surface area contributed by atoms with E-state index in [0.29, 0.717) is 0 Å². The number of nitrogens with one attached hydrogen (secondary N) is 1. The van der Waals surface area contributed by atoms with Crippen LogP contribution in [-0.4, -0.2) is 29.8 Å². The van der Waals surface area contributed by atoms with E-state index in [1.165, 1.54) is 4.88 Å². The minimum absolute atomic E-state index is 0.227. The molecule has 1 N–H and O–H groups in total. The Morgan fingerprint density at radius 1 is 1.53 bits per heavy atom. The number of ether oxygens (including phenoxy) is 1. The van der Waals surface area contributed by atoms with E-state index in [4.69, 9.17) is 16.3 Å².